The van der Waals surface area contributed by atoms with Crippen molar-refractivity contribution in [3.63, 3.8) is 0 Å². The Hall–Kier alpha value is 0.01000. The number of hydrogen-bond donors (Lipinski definition) is 2. The minimum atomic E-state index is 0. The lowest BCUT2D eigenvalue weighted by atomic mass is 9.80. The Morgan fingerprint density at radius 2 is 2.00 bits per heavy atom. The normalized spacial score (nSPS) is 21.5. The maximum Gasteiger partial charge on any atom is 0.188 e. The van der Waals surface area contributed by atoms with Crippen LogP contribution < -0.4 is 11.1 Å². The van der Waals surface area contributed by atoms with Gasteiger partial charge in [0.1, 0.15) is 0 Å². The van der Waals surface area contributed by atoms with Crippen LogP contribution in [0.3, 0.4) is 0 Å². The number of thiophene rings is 1. The molecule has 2 aliphatic rings. The lowest BCUT2D eigenvalue weighted by molar-refractivity contribution is 0.0672. The Balaban J connectivity index is 0.00000225. The Morgan fingerprint density at radius 3 is 2.68 bits per heavy atom. The molecule has 3 N–H and O–H groups in total. The third-order valence-corrected chi connectivity index (χ3v) is 7.15. The summed E-state index contributed by atoms with van der Waals surface area (Å²) in [5.74, 6) is 3.14. The van der Waals surface area contributed by atoms with Crippen molar-refractivity contribution in [2.75, 3.05) is 37.7 Å². The van der Waals surface area contributed by atoms with Crippen LogP contribution in [0.15, 0.2) is 22.5 Å². The first-order valence-electron chi connectivity index (χ1n) is 9.17. The molecular weight excluding hydrogens is 463 g/mol. The van der Waals surface area contributed by atoms with Gasteiger partial charge in [-0.05, 0) is 30.7 Å². The third kappa shape index (κ3) is 6.29. The second kappa shape index (κ2) is 11.0. The van der Waals surface area contributed by atoms with Crippen LogP contribution in [0.5, 0.6) is 0 Å². The van der Waals surface area contributed by atoms with E-state index in [4.69, 9.17) is 10.7 Å². The first kappa shape index (κ1) is 21.3. The van der Waals surface area contributed by atoms with Crippen molar-refractivity contribution in [2.24, 2.45) is 10.7 Å². The first-order chi connectivity index (χ1) is 11.8. The molecule has 1 saturated carbocycles. The van der Waals surface area contributed by atoms with Gasteiger partial charge < -0.3 is 11.1 Å². The minimum absolute atomic E-state index is 0. The van der Waals surface area contributed by atoms with Gasteiger partial charge in [-0.2, -0.15) is 11.8 Å². The van der Waals surface area contributed by atoms with Crippen LogP contribution in [-0.4, -0.2) is 54.1 Å². The predicted molar refractivity (Wildman–Crippen MR) is 123 cm³/mol. The van der Waals surface area contributed by atoms with E-state index in [9.17, 15) is 0 Å². The highest BCUT2D eigenvalue weighted by Crippen LogP contribution is 2.35. The Labute approximate surface area is 177 Å². The van der Waals surface area contributed by atoms with Crippen LogP contribution in [0.25, 0.3) is 0 Å². The fraction of sp³-hybridized carbons (Fsp3) is 0.722. The minimum Gasteiger partial charge on any atom is -0.370 e. The molecule has 142 valence electrons. The van der Waals surface area contributed by atoms with Gasteiger partial charge in [0.25, 0.3) is 0 Å². The number of nitrogens with zero attached hydrogens (tertiary/aromatic N) is 2. The molecule has 0 radical (unpaired) electrons. The van der Waals surface area contributed by atoms with Crippen LogP contribution >= 0.6 is 47.1 Å². The van der Waals surface area contributed by atoms with E-state index in [2.05, 4.69) is 39.5 Å². The molecule has 1 aliphatic carbocycles. The van der Waals surface area contributed by atoms with Gasteiger partial charge in [-0.3, -0.25) is 9.89 Å². The number of guanidine groups is 1. The number of nitrogens with two attached hydrogens (primary N) is 1. The van der Waals surface area contributed by atoms with Gasteiger partial charge in [0.05, 0.1) is 6.54 Å². The van der Waals surface area contributed by atoms with E-state index >= 15 is 0 Å². The van der Waals surface area contributed by atoms with Crippen molar-refractivity contribution in [3.05, 3.63) is 22.4 Å². The van der Waals surface area contributed by atoms with E-state index < -0.39 is 0 Å². The third-order valence-electron chi connectivity index (χ3n) is 5.27. The molecular formula is C18H31IN4S2. The number of halogens is 1. The molecule has 1 aromatic heterocycles. The van der Waals surface area contributed by atoms with E-state index in [0.29, 0.717) is 5.96 Å². The van der Waals surface area contributed by atoms with E-state index in [1.165, 1.54) is 61.6 Å². The summed E-state index contributed by atoms with van der Waals surface area (Å²) in [7, 11) is 0. The summed E-state index contributed by atoms with van der Waals surface area (Å²) in [5, 5.41) is 5.41. The second-order valence-corrected chi connectivity index (χ2v) is 9.10. The maximum atomic E-state index is 6.14. The average Bonchev–Trinajstić information content (AvgIpc) is 3.15. The molecule has 1 aromatic rings. The zero-order valence-corrected chi connectivity index (χ0v) is 18.9. The SMILES string of the molecule is I.NC(=NCC1(N2CCSCC2)CCCCC1)NCCc1cccs1. The molecule has 0 amide bonds. The smallest absolute Gasteiger partial charge is 0.188 e. The lowest BCUT2D eigenvalue weighted by Gasteiger charge is -2.47. The van der Waals surface area contributed by atoms with Gasteiger partial charge in [-0.1, -0.05) is 25.3 Å². The molecule has 0 atom stereocenters. The van der Waals surface area contributed by atoms with E-state index in [-0.39, 0.29) is 29.5 Å². The van der Waals surface area contributed by atoms with Gasteiger partial charge >= 0.3 is 0 Å². The molecule has 0 aromatic carbocycles. The summed E-state index contributed by atoms with van der Waals surface area (Å²) in [6.45, 7) is 4.15. The molecule has 3 rings (SSSR count). The summed E-state index contributed by atoms with van der Waals surface area (Å²) < 4.78 is 0. The van der Waals surface area contributed by atoms with Crippen LogP contribution in [0, 0.1) is 0 Å². The zero-order chi connectivity index (χ0) is 16.7. The van der Waals surface area contributed by atoms with E-state index in [0.717, 1.165) is 19.5 Å². The zero-order valence-electron chi connectivity index (χ0n) is 14.9. The van der Waals surface area contributed by atoms with Crippen LogP contribution in [0.1, 0.15) is 37.0 Å². The summed E-state index contributed by atoms with van der Waals surface area (Å²) in [4.78, 5) is 8.86. The van der Waals surface area contributed by atoms with Crippen LogP contribution in [0.2, 0.25) is 0 Å². The quantitative estimate of drug-likeness (QED) is 0.361. The van der Waals surface area contributed by atoms with Crippen molar-refractivity contribution in [1.29, 1.82) is 0 Å². The monoisotopic (exact) mass is 494 g/mol. The fourth-order valence-corrected chi connectivity index (χ4v) is 5.49. The van der Waals surface area contributed by atoms with Crippen molar-refractivity contribution in [1.82, 2.24) is 10.2 Å². The fourth-order valence-electron chi connectivity index (χ4n) is 3.88. The Kier molecular flexibility index (Phi) is 9.37. The van der Waals surface area contributed by atoms with Gasteiger partial charge in [-0.15, -0.1) is 35.3 Å². The summed E-state index contributed by atoms with van der Waals surface area (Å²) in [5.41, 5.74) is 6.40. The van der Waals surface area contributed by atoms with Crippen molar-refractivity contribution in [3.8, 4) is 0 Å². The topological polar surface area (TPSA) is 53.6 Å². The molecule has 4 nitrogen and oxygen atoms in total. The highest BCUT2D eigenvalue weighted by Gasteiger charge is 2.38. The molecule has 25 heavy (non-hydrogen) atoms. The highest BCUT2D eigenvalue weighted by molar-refractivity contribution is 14.0. The highest BCUT2D eigenvalue weighted by atomic mass is 127. The molecule has 1 saturated heterocycles. The van der Waals surface area contributed by atoms with Gasteiger partial charge in [0.15, 0.2) is 5.96 Å². The van der Waals surface area contributed by atoms with Gasteiger partial charge in [-0.25, -0.2) is 0 Å². The van der Waals surface area contributed by atoms with Crippen LogP contribution in [-0.2, 0) is 6.42 Å². The number of aliphatic imine (C=N–C) groups is 1. The standard InChI is InChI=1S/C18H30N4S2.HI/c19-17(20-9-6-16-5-4-12-24-16)21-15-18(7-2-1-3-8-18)22-10-13-23-14-11-22;/h4-5,12H,1-3,6-11,13-15H2,(H3,19,20,21);1H. The molecule has 0 bridgehead atoms. The maximum absolute atomic E-state index is 6.14. The number of rotatable bonds is 6. The number of nitrogens with one attached hydrogen (secondary N) is 1. The molecule has 0 spiro atoms. The largest absolute Gasteiger partial charge is 0.370 e. The average molecular weight is 495 g/mol. The van der Waals surface area contributed by atoms with Crippen molar-refractivity contribution in [2.45, 2.75) is 44.1 Å². The molecule has 2 fully saturated rings. The Bertz CT molecular complexity index is 509. The summed E-state index contributed by atoms with van der Waals surface area (Å²) in [6.07, 6.45) is 7.63. The van der Waals surface area contributed by atoms with Gasteiger partial charge in [0, 0.05) is 41.6 Å². The lowest BCUT2D eigenvalue weighted by Crippen LogP contribution is -2.55. The molecule has 2 heterocycles. The molecule has 0 unspecified atom stereocenters. The van der Waals surface area contributed by atoms with Gasteiger partial charge in [0.2, 0.25) is 0 Å². The predicted octanol–water partition coefficient (Wildman–Crippen LogP) is 3.56. The summed E-state index contributed by atoms with van der Waals surface area (Å²) in [6, 6.07) is 4.27. The Morgan fingerprint density at radius 1 is 1.24 bits per heavy atom. The molecule has 1 aliphatic heterocycles. The number of thioether (sulfide) groups is 1. The van der Waals surface area contributed by atoms with Crippen molar-refractivity contribution >= 4 is 53.0 Å². The van der Waals surface area contributed by atoms with E-state index in [1.807, 2.05) is 0 Å². The number of hydrogen-bond acceptors (Lipinski definition) is 4. The molecule has 7 heteroatoms. The van der Waals surface area contributed by atoms with E-state index in [1.54, 1.807) is 11.3 Å². The van der Waals surface area contributed by atoms with Crippen LogP contribution in [0.4, 0.5) is 0 Å². The second-order valence-electron chi connectivity index (χ2n) is 6.84. The summed E-state index contributed by atoms with van der Waals surface area (Å²) >= 11 is 3.88. The first-order valence-corrected chi connectivity index (χ1v) is 11.2. The van der Waals surface area contributed by atoms with Crippen molar-refractivity contribution < 1.29 is 0 Å².